The molecule has 6 nitrogen and oxygen atoms in total. The van der Waals surface area contributed by atoms with Gasteiger partial charge in [0.05, 0.1) is 25.3 Å². The summed E-state index contributed by atoms with van der Waals surface area (Å²) in [5.74, 6) is -0.662. The van der Waals surface area contributed by atoms with Crippen LogP contribution < -0.4 is 10.2 Å². The molecule has 0 bridgehead atoms. The summed E-state index contributed by atoms with van der Waals surface area (Å²) in [6, 6.07) is 4.50. The first-order valence-corrected chi connectivity index (χ1v) is 6.97. The van der Waals surface area contributed by atoms with Gasteiger partial charge in [-0.3, -0.25) is 4.79 Å². The number of fused-ring (bicyclic) bond motifs is 1. The zero-order valence-corrected chi connectivity index (χ0v) is 12.7. The van der Waals surface area contributed by atoms with Crippen LogP contribution in [0.2, 0.25) is 0 Å². The maximum Gasteiger partial charge on any atom is 0.341 e. The van der Waals surface area contributed by atoms with Crippen LogP contribution in [0.5, 0.6) is 5.75 Å². The van der Waals surface area contributed by atoms with Gasteiger partial charge in [-0.25, -0.2) is 4.79 Å². The standard InChI is InChI=1S/C16H19NO5/c1-9(2)14(8-18)17-7-12(16(20)21)15(19)11-5-4-10(22-3)6-13(11)17/h4-7,9,14,18H,8H2,1-3H3,(H,20,21)/t14-/m1/s1. The average Bonchev–Trinajstić information content (AvgIpc) is 2.49. The number of methoxy groups -OCH3 is 1. The molecular weight excluding hydrogens is 286 g/mol. The largest absolute Gasteiger partial charge is 0.497 e. The summed E-state index contributed by atoms with van der Waals surface area (Å²) in [5, 5.41) is 19.2. The summed E-state index contributed by atoms with van der Waals surface area (Å²) >= 11 is 0. The summed E-state index contributed by atoms with van der Waals surface area (Å²) < 4.78 is 6.82. The zero-order chi connectivity index (χ0) is 16.4. The van der Waals surface area contributed by atoms with Gasteiger partial charge in [0.25, 0.3) is 0 Å². The number of carbonyl (C=O) groups is 1. The number of aliphatic hydroxyl groups excluding tert-OH is 1. The highest BCUT2D eigenvalue weighted by molar-refractivity contribution is 5.93. The number of carboxylic acids is 1. The normalized spacial score (nSPS) is 12.6. The molecule has 0 aliphatic heterocycles. The predicted octanol–water partition coefficient (Wildman–Crippen LogP) is 1.90. The van der Waals surface area contributed by atoms with Gasteiger partial charge < -0.3 is 19.5 Å². The van der Waals surface area contributed by atoms with Gasteiger partial charge in [-0.05, 0) is 18.1 Å². The van der Waals surface area contributed by atoms with Crippen molar-refractivity contribution in [3.63, 3.8) is 0 Å². The Kier molecular flexibility index (Phi) is 4.51. The lowest BCUT2D eigenvalue weighted by Crippen LogP contribution is -2.25. The van der Waals surface area contributed by atoms with Crippen molar-refractivity contribution in [2.75, 3.05) is 13.7 Å². The minimum absolute atomic E-state index is 0.0588. The number of ether oxygens (including phenoxy) is 1. The number of nitrogens with zero attached hydrogens (tertiary/aromatic N) is 1. The maximum atomic E-state index is 12.3. The molecular formula is C16H19NO5. The van der Waals surface area contributed by atoms with Crippen molar-refractivity contribution in [1.29, 1.82) is 0 Å². The number of aliphatic hydroxyl groups is 1. The third kappa shape index (κ3) is 2.69. The van der Waals surface area contributed by atoms with Crippen molar-refractivity contribution in [3.8, 4) is 5.75 Å². The number of rotatable bonds is 5. The molecule has 1 aromatic carbocycles. The number of hydrogen-bond acceptors (Lipinski definition) is 4. The van der Waals surface area contributed by atoms with Crippen LogP contribution in [-0.4, -0.2) is 34.5 Å². The fourth-order valence-electron chi connectivity index (χ4n) is 2.50. The lowest BCUT2D eigenvalue weighted by molar-refractivity contribution is 0.0694. The first kappa shape index (κ1) is 16.0. The van der Waals surface area contributed by atoms with Gasteiger partial charge in [0.1, 0.15) is 11.3 Å². The van der Waals surface area contributed by atoms with Crippen molar-refractivity contribution in [1.82, 2.24) is 4.57 Å². The van der Waals surface area contributed by atoms with Gasteiger partial charge in [-0.2, -0.15) is 0 Å². The Morgan fingerprint density at radius 2 is 2.05 bits per heavy atom. The molecule has 1 heterocycles. The predicted molar refractivity (Wildman–Crippen MR) is 82.7 cm³/mol. The summed E-state index contributed by atoms with van der Waals surface area (Å²) in [6.45, 7) is 3.68. The molecule has 0 spiro atoms. The van der Waals surface area contributed by atoms with Crippen molar-refractivity contribution < 1.29 is 19.7 Å². The molecule has 0 saturated heterocycles. The van der Waals surface area contributed by atoms with E-state index in [0.29, 0.717) is 16.7 Å². The molecule has 1 atom stereocenters. The van der Waals surface area contributed by atoms with E-state index < -0.39 is 11.4 Å². The molecule has 6 heteroatoms. The van der Waals surface area contributed by atoms with E-state index in [0.717, 1.165) is 0 Å². The Labute approximate surface area is 127 Å². The second kappa shape index (κ2) is 6.19. The minimum atomic E-state index is -1.28. The molecule has 0 amide bonds. The highest BCUT2D eigenvalue weighted by Gasteiger charge is 2.21. The van der Waals surface area contributed by atoms with Crippen LogP contribution in [0.1, 0.15) is 30.2 Å². The van der Waals surface area contributed by atoms with E-state index in [1.165, 1.54) is 13.3 Å². The molecule has 22 heavy (non-hydrogen) atoms. The van der Waals surface area contributed by atoms with Gasteiger partial charge in [-0.15, -0.1) is 0 Å². The summed E-state index contributed by atoms with van der Waals surface area (Å²) in [5.41, 5.74) is -0.305. The Morgan fingerprint density at radius 1 is 1.36 bits per heavy atom. The fourth-order valence-corrected chi connectivity index (χ4v) is 2.50. The molecule has 0 aliphatic carbocycles. The summed E-state index contributed by atoms with van der Waals surface area (Å²) in [7, 11) is 1.52. The topological polar surface area (TPSA) is 88.8 Å². The molecule has 2 aromatic rings. The number of carboxylic acid groups (broad SMARTS) is 1. The number of aromatic nitrogens is 1. The molecule has 2 N–H and O–H groups in total. The van der Waals surface area contributed by atoms with Crippen LogP contribution in [0.4, 0.5) is 0 Å². The molecule has 118 valence electrons. The smallest absolute Gasteiger partial charge is 0.341 e. The SMILES string of the molecule is COc1ccc2c(=O)c(C(=O)O)cn([C@H](CO)C(C)C)c2c1. The third-order valence-electron chi connectivity index (χ3n) is 3.78. The molecule has 2 rings (SSSR count). The second-order valence-electron chi connectivity index (χ2n) is 5.46. The Bertz CT molecular complexity index is 763. The summed E-state index contributed by atoms with van der Waals surface area (Å²) in [4.78, 5) is 23.6. The first-order chi connectivity index (χ1) is 10.4. The van der Waals surface area contributed by atoms with E-state index in [1.807, 2.05) is 13.8 Å². The van der Waals surface area contributed by atoms with Crippen LogP contribution in [-0.2, 0) is 0 Å². The van der Waals surface area contributed by atoms with E-state index >= 15 is 0 Å². The van der Waals surface area contributed by atoms with Crippen molar-refractivity contribution in [2.45, 2.75) is 19.9 Å². The minimum Gasteiger partial charge on any atom is -0.497 e. The Morgan fingerprint density at radius 3 is 2.55 bits per heavy atom. The maximum absolute atomic E-state index is 12.3. The van der Waals surface area contributed by atoms with Crippen molar-refractivity contribution in [2.24, 2.45) is 5.92 Å². The van der Waals surface area contributed by atoms with Crippen LogP contribution in [0.25, 0.3) is 10.9 Å². The van der Waals surface area contributed by atoms with E-state index in [-0.39, 0.29) is 24.1 Å². The molecule has 0 fully saturated rings. The monoisotopic (exact) mass is 305 g/mol. The average molecular weight is 305 g/mol. The van der Waals surface area contributed by atoms with Gasteiger partial charge in [-0.1, -0.05) is 13.8 Å². The molecule has 0 aliphatic rings. The number of benzene rings is 1. The first-order valence-electron chi connectivity index (χ1n) is 6.97. The van der Waals surface area contributed by atoms with Crippen LogP contribution >= 0.6 is 0 Å². The lowest BCUT2D eigenvalue weighted by atomic mass is 10.0. The molecule has 0 radical (unpaired) electrons. The Hall–Kier alpha value is -2.34. The number of pyridine rings is 1. The van der Waals surface area contributed by atoms with Crippen LogP contribution in [0, 0.1) is 5.92 Å². The Balaban J connectivity index is 2.89. The van der Waals surface area contributed by atoms with E-state index in [1.54, 1.807) is 22.8 Å². The van der Waals surface area contributed by atoms with Crippen molar-refractivity contribution >= 4 is 16.9 Å². The summed E-state index contributed by atoms with van der Waals surface area (Å²) in [6.07, 6.45) is 1.30. The molecule has 0 saturated carbocycles. The second-order valence-corrected chi connectivity index (χ2v) is 5.46. The zero-order valence-electron chi connectivity index (χ0n) is 12.7. The van der Waals surface area contributed by atoms with E-state index in [9.17, 15) is 19.8 Å². The van der Waals surface area contributed by atoms with E-state index in [4.69, 9.17) is 4.74 Å². The van der Waals surface area contributed by atoms with Crippen LogP contribution in [0.15, 0.2) is 29.2 Å². The van der Waals surface area contributed by atoms with Gasteiger partial charge >= 0.3 is 5.97 Å². The third-order valence-corrected chi connectivity index (χ3v) is 3.78. The molecule has 1 aromatic heterocycles. The number of aromatic carboxylic acids is 1. The highest BCUT2D eigenvalue weighted by Crippen LogP contribution is 2.25. The number of hydrogen-bond donors (Lipinski definition) is 2. The van der Waals surface area contributed by atoms with Crippen LogP contribution in [0.3, 0.4) is 0 Å². The lowest BCUT2D eigenvalue weighted by Gasteiger charge is -2.24. The van der Waals surface area contributed by atoms with Crippen molar-refractivity contribution in [3.05, 3.63) is 40.2 Å². The van der Waals surface area contributed by atoms with E-state index in [2.05, 4.69) is 0 Å². The van der Waals surface area contributed by atoms with Gasteiger partial charge in [0.15, 0.2) is 0 Å². The highest BCUT2D eigenvalue weighted by atomic mass is 16.5. The quantitative estimate of drug-likeness (QED) is 0.880. The fraction of sp³-hybridized carbons (Fsp3) is 0.375. The van der Waals surface area contributed by atoms with Gasteiger partial charge in [0, 0.05) is 17.6 Å². The molecule has 0 unspecified atom stereocenters. The van der Waals surface area contributed by atoms with Gasteiger partial charge in [0.2, 0.25) is 5.43 Å².